The second kappa shape index (κ2) is 10.9. The predicted octanol–water partition coefficient (Wildman–Crippen LogP) is 4.75. The lowest BCUT2D eigenvalue weighted by atomic mass is 10.1. The molecule has 184 valence electrons. The van der Waals surface area contributed by atoms with Crippen molar-refractivity contribution < 1.29 is 14.5 Å². The average molecular weight is 505 g/mol. The van der Waals surface area contributed by atoms with Crippen LogP contribution in [0.1, 0.15) is 23.3 Å². The molecule has 0 saturated carbocycles. The van der Waals surface area contributed by atoms with Crippen molar-refractivity contribution >= 4 is 29.0 Å². The second-order valence-corrected chi connectivity index (χ2v) is 8.88. The summed E-state index contributed by atoms with van der Waals surface area (Å²) in [5.74, 6) is 7.00. The van der Waals surface area contributed by atoms with E-state index in [4.69, 9.17) is 10.6 Å². The van der Waals surface area contributed by atoms with Gasteiger partial charge in [0, 0.05) is 11.6 Å². The molecule has 10 nitrogen and oxygen atoms in total. The predicted molar refractivity (Wildman–Crippen MR) is 138 cm³/mol. The first-order chi connectivity index (χ1) is 17.4. The van der Waals surface area contributed by atoms with Crippen LogP contribution < -0.4 is 15.9 Å². The van der Waals surface area contributed by atoms with Crippen LogP contribution in [-0.4, -0.2) is 32.3 Å². The van der Waals surface area contributed by atoms with Crippen molar-refractivity contribution in [2.24, 2.45) is 0 Å². The Bertz CT molecular complexity index is 1380. The molecule has 0 spiro atoms. The van der Waals surface area contributed by atoms with E-state index in [1.807, 2.05) is 49.4 Å². The van der Waals surface area contributed by atoms with Crippen LogP contribution in [0, 0.1) is 17.0 Å². The van der Waals surface area contributed by atoms with Gasteiger partial charge in [-0.2, -0.15) is 0 Å². The number of nitrogens with zero attached hydrogens (tertiary/aromatic N) is 4. The van der Waals surface area contributed by atoms with Gasteiger partial charge in [0.15, 0.2) is 5.82 Å². The molecule has 4 aromatic rings. The van der Waals surface area contributed by atoms with Gasteiger partial charge in [0.25, 0.3) is 5.69 Å². The summed E-state index contributed by atoms with van der Waals surface area (Å²) in [4.78, 5) is 24.4. The summed E-state index contributed by atoms with van der Waals surface area (Å²) in [5, 5.41) is 22.1. The Balaban J connectivity index is 1.63. The van der Waals surface area contributed by atoms with Gasteiger partial charge >= 0.3 is 0 Å². The number of amides is 1. The highest BCUT2D eigenvalue weighted by molar-refractivity contribution is 8.00. The molecule has 1 unspecified atom stereocenters. The van der Waals surface area contributed by atoms with Gasteiger partial charge in [-0.25, -0.2) is 4.68 Å². The molecule has 0 radical (unpaired) electrons. The minimum atomic E-state index is -0.799. The van der Waals surface area contributed by atoms with Crippen molar-refractivity contribution in [1.82, 2.24) is 14.9 Å². The highest BCUT2D eigenvalue weighted by Gasteiger charge is 2.27. The summed E-state index contributed by atoms with van der Waals surface area (Å²) in [6.07, 6.45) is 0. The van der Waals surface area contributed by atoms with Crippen LogP contribution in [0.25, 0.3) is 11.4 Å². The number of aromatic nitrogens is 3. The van der Waals surface area contributed by atoms with E-state index in [1.165, 1.54) is 16.8 Å². The number of nitro groups is 1. The zero-order chi connectivity index (χ0) is 25.7. The molecular formula is C25H24N6O4S. The number of ether oxygens (including phenoxy) is 1. The lowest BCUT2D eigenvalue weighted by Crippen LogP contribution is -2.21. The first kappa shape index (κ1) is 24.7. The van der Waals surface area contributed by atoms with Crippen LogP contribution in [0.2, 0.25) is 0 Å². The number of aryl methyl sites for hydroxylation is 1. The number of nitro benzene ring substituents is 1. The summed E-state index contributed by atoms with van der Waals surface area (Å²) in [5.41, 5.74) is 2.06. The van der Waals surface area contributed by atoms with Gasteiger partial charge in [-0.1, -0.05) is 48.2 Å². The Morgan fingerprint density at radius 2 is 1.86 bits per heavy atom. The number of nitrogens with one attached hydrogen (secondary N) is 1. The lowest BCUT2D eigenvalue weighted by Gasteiger charge is -2.16. The van der Waals surface area contributed by atoms with Crippen LogP contribution >= 0.6 is 11.8 Å². The van der Waals surface area contributed by atoms with E-state index in [2.05, 4.69) is 15.5 Å². The monoisotopic (exact) mass is 504 g/mol. The lowest BCUT2D eigenvalue weighted by molar-refractivity contribution is -0.384. The fraction of sp³-hybridized carbons (Fsp3) is 0.160. The molecule has 0 saturated heterocycles. The van der Waals surface area contributed by atoms with Gasteiger partial charge in [-0.05, 0) is 55.3 Å². The summed E-state index contributed by atoms with van der Waals surface area (Å²) < 4.78 is 6.79. The number of thioether (sulfide) groups is 1. The van der Waals surface area contributed by atoms with E-state index < -0.39 is 16.1 Å². The SMILES string of the molecule is CCOc1ccc(-c2nnc(SC(C(=O)Nc3ccc(C)cc3[N+](=O)[O-])c3ccccc3)n2N)cc1. The van der Waals surface area contributed by atoms with Crippen LogP contribution in [0.4, 0.5) is 11.4 Å². The zero-order valence-corrected chi connectivity index (χ0v) is 20.4. The van der Waals surface area contributed by atoms with Crippen molar-refractivity contribution in [2.75, 3.05) is 17.8 Å². The number of carbonyl (C=O) groups is 1. The maximum atomic E-state index is 13.4. The number of hydrogen-bond acceptors (Lipinski definition) is 8. The first-order valence-corrected chi connectivity index (χ1v) is 12.0. The van der Waals surface area contributed by atoms with Crippen molar-refractivity contribution in [2.45, 2.75) is 24.3 Å². The number of hydrogen-bond donors (Lipinski definition) is 2. The number of nitrogen functional groups attached to an aromatic ring is 1. The number of carbonyl (C=O) groups excluding carboxylic acids is 1. The normalized spacial score (nSPS) is 11.6. The van der Waals surface area contributed by atoms with Crippen LogP contribution in [0.15, 0.2) is 78.0 Å². The van der Waals surface area contributed by atoms with Crippen LogP contribution in [0.3, 0.4) is 0 Å². The topological polar surface area (TPSA) is 138 Å². The average Bonchev–Trinajstić information content (AvgIpc) is 3.24. The summed E-state index contributed by atoms with van der Waals surface area (Å²) in [6.45, 7) is 4.21. The molecule has 0 aliphatic heterocycles. The Hall–Kier alpha value is -4.38. The third-order valence-electron chi connectivity index (χ3n) is 5.26. The van der Waals surface area contributed by atoms with Crippen LogP contribution in [-0.2, 0) is 4.79 Å². The van der Waals surface area contributed by atoms with Crippen molar-refractivity contribution in [3.63, 3.8) is 0 Å². The molecule has 36 heavy (non-hydrogen) atoms. The molecule has 0 fully saturated rings. The Morgan fingerprint density at radius 3 is 2.53 bits per heavy atom. The van der Waals surface area contributed by atoms with Gasteiger partial charge in [-0.15, -0.1) is 10.2 Å². The molecule has 0 aliphatic rings. The van der Waals surface area contributed by atoms with Crippen LogP contribution in [0.5, 0.6) is 5.75 Å². The maximum Gasteiger partial charge on any atom is 0.293 e. The first-order valence-electron chi connectivity index (χ1n) is 11.1. The minimum absolute atomic E-state index is 0.112. The quantitative estimate of drug-likeness (QED) is 0.144. The summed E-state index contributed by atoms with van der Waals surface area (Å²) >= 11 is 1.10. The largest absolute Gasteiger partial charge is 0.494 e. The van der Waals surface area contributed by atoms with Gasteiger partial charge in [0.1, 0.15) is 16.7 Å². The molecule has 1 amide bonds. The zero-order valence-electron chi connectivity index (χ0n) is 19.6. The molecule has 0 aliphatic carbocycles. The molecule has 0 bridgehead atoms. The summed E-state index contributed by atoms with van der Waals surface area (Å²) in [7, 11) is 0. The van der Waals surface area contributed by atoms with Crippen molar-refractivity contribution in [3.05, 3.63) is 94.0 Å². The maximum absolute atomic E-state index is 13.4. The van der Waals surface area contributed by atoms with Gasteiger partial charge in [-0.3, -0.25) is 14.9 Å². The Kier molecular flexibility index (Phi) is 7.50. The number of nitrogens with two attached hydrogens (primary N) is 1. The van der Waals surface area contributed by atoms with E-state index in [9.17, 15) is 14.9 Å². The van der Waals surface area contributed by atoms with Gasteiger partial charge in [0.05, 0.1) is 11.5 Å². The van der Waals surface area contributed by atoms with E-state index in [-0.39, 0.29) is 11.4 Å². The highest BCUT2D eigenvalue weighted by Crippen LogP contribution is 2.37. The third kappa shape index (κ3) is 5.47. The minimum Gasteiger partial charge on any atom is -0.494 e. The fourth-order valence-corrected chi connectivity index (χ4v) is 4.48. The Morgan fingerprint density at radius 1 is 1.14 bits per heavy atom. The number of anilines is 1. The van der Waals surface area contributed by atoms with E-state index >= 15 is 0 Å². The molecular weight excluding hydrogens is 480 g/mol. The molecule has 4 rings (SSSR count). The van der Waals surface area contributed by atoms with Gasteiger partial charge < -0.3 is 15.9 Å². The van der Waals surface area contributed by atoms with Crippen molar-refractivity contribution in [3.8, 4) is 17.1 Å². The van der Waals surface area contributed by atoms with E-state index in [0.29, 0.717) is 28.7 Å². The van der Waals surface area contributed by atoms with Gasteiger partial charge in [0.2, 0.25) is 11.1 Å². The smallest absolute Gasteiger partial charge is 0.293 e. The van der Waals surface area contributed by atoms with E-state index in [1.54, 1.807) is 25.1 Å². The number of rotatable bonds is 9. The molecule has 1 aromatic heterocycles. The molecule has 3 aromatic carbocycles. The number of benzene rings is 3. The van der Waals surface area contributed by atoms with Crippen molar-refractivity contribution in [1.29, 1.82) is 0 Å². The summed E-state index contributed by atoms with van der Waals surface area (Å²) in [6, 6.07) is 21.0. The Labute approximate surface area is 211 Å². The molecule has 1 atom stereocenters. The standard InChI is InChI=1S/C25H24N6O4S/c1-3-35-19-12-10-18(11-13-19)23-28-29-25(30(23)26)36-22(17-7-5-4-6-8-17)24(32)27-20-14-9-16(2)15-21(20)31(33)34/h4-15,22H,3,26H2,1-2H3,(H,27,32). The molecule has 1 heterocycles. The fourth-order valence-electron chi connectivity index (χ4n) is 3.52. The molecule has 11 heteroatoms. The van der Waals surface area contributed by atoms with E-state index in [0.717, 1.165) is 23.1 Å². The third-order valence-corrected chi connectivity index (χ3v) is 6.47. The highest BCUT2D eigenvalue weighted by atomic mass is 32.2. The second-order valence-electron chi connectivity index (χ2n) is 7.81. The molecule has 3 N–H and O–H groups in total.